The summed E-state index contributed by atoms with van der Waals surface area (Å²) in [6.45, 7) is 6.09. The SMILES string of the molecule is Cc1oc(-c2cccs2)nc1CC(=O)NCC1(N2CCOCC2)CCCCC1. The molecule has 2 fully saturated rings. The summed E-state index contributed by atoms with van der Waals surface area (Å²) in [5.74, 6) is 1.35. The first-order valence-corrected chi connectivity index (χ1v) is 11.1. The molecule has 0 bridgehead atoms. The van der Waals surface area contributed by atoms with Gasteiger partial charge in [-0.2, -0.15) is 0 Å². The first kappa shape index (κ1) is 19.6. The van der Waals surface area contributed by atoms with Crippen molar-refractivity contribution in [3.8, 4) is 10.8 Å². The van der Waals surface area contributed by atoms with Gasteiger partial charge < -0.3 is 14.5 Å². The second-order valence-electron chi connectivity index (χ2n) is 7.84. The molecule has 2 aliphatic rings. The minimum atomic E-state index is 0.0207. The molecule has 2 aromatic heterocycles. The van der Waals surface area contributed by atoms with Crippen LogP contribution in [0.3, 0.4) is 0 Å². The van der Waals surface area contributed by atoms with Gasteiger partial charge >= 0.3 is 0 Å². The van der Waals surface area contributed by atoms with Gasteiger partial charge in [0.25, 0.3) is 0 Å². The van der Waals surface area contributed by atoms with Crippen LogP contribution in [0.25, 0.3) is 10.8 Å². The molecule has 1 amide bonds. The van der Waals surface area contributed by atoms with Crippen molar-refractivity contribution >= 4 is 17.2 Å². The van der Waals surface area contributed by atoms with Crippen LogP contribution in [0.5, 0.6) is 0 Å². The summed E-state index contributed by atoms with van der Waals surface area (Å²) in [4.78, 5) is 20.8. The van der Waals surface area contributed by atoms with Gasteiger partial charge in [0, 0.05) is 25.2 Å². The number of aryl methyl sites for hydroxylation is 1. The molecule has 1 saturated heterocycles. The van der Waals surface area contributed by atoms with Crippen LogP contribution in [0.4, 0.5) is 0 Å². The maximum atomic E-state index is 12.7. The van der Waals surface area contributed by atoms with E-state index in [1.807, 2.05) is 24.4 Å². The van der Waals surface area contributed by atoms with E-state index in [1.54, 1.807) is 11.3 Å². The van der Waals surface area contributed by atoms with Crippen LogP contribution in [0.1, 0.15) is 43.6 Å². The van der Waals surface area contributed by atoms with Gasteiger partial charge in [-0.05, 0) is 31.2 Å². The van der Waals surface area contributed by atoms with Gasteiger partial charge in [0.2, 0.25) is 11.8 Å². The Labute approximate surface area is 170 Å². The van der Waals surface area contributed by atoms with Crippen molar-refractivity contribution < 1.29 is 13.9 Å². The monoisotopic (exact) mass is 403 g/mol. The lowest BCUT2D eigenvalue weighted by Gasteiger charge is -2.48. The molecule has 4 rings (SSSR count). The Morgan fingerprint density at radius 3 is 2.79 bits per heavy atom. The van der Waals surface area contributed by atoms with Gasteiger partial charge in [0.05, 0.1) is 30.2 Å². The Hall–Kier alpha value is -1.70. The first-order chi connectivity index (χ1) is 13.7. The number of hydrogen-bond acceptors (Lipinski definition) is 6. The molecule has 1 aliphatic carbocycles. The first-order valence-electron chi connectivity index (χ1n) is 10.3. The highest BCUT2D eigenvalue weighted by atomic mass is 32.1. The summed E-state index contributed by atoms with van der Waals surface area (Å²) >= 11 is 1.59. The number of hydrogen-bond donors (Lipinski definition) is 1. The number of carbonyl (C=O) groups excluding carboxylic acids is 1. The van der Waals surface area contributed by atoms with Gasteiger partial charge in [-0.15, -0.1) is 11.3 Å². The van der Waals surface area contributed by atoms with E-state index in [2.05, 4.69) is 15.2 Å². The van der Waals surface area contributed by atoms with E-state index in [0.29, 0.717) is 12.4 Å². The fourth-order valence-electron chi connectivity index (χ4n) is 4.43. The van der Waals surface area contributed by atoms with Crippen molar-refractivity contribution in [1.29, 1.82) is 0 Å². The normalized spacial score (nSPS) is 20.2. The summed E-state index contributed by atoms with van der Waals surface area (Å²) in [6, 6.07) is 3.95. The van der Waals surface area contributed by atoms with E-state index < -0.39 is 0 Å². The molecule has 6 nitrogen and oxygen atoms in total. The molecule has 7 heteroatoms. The zero-order valence-electron chi connectivity index (χ0n) is 16.5. The van der Waals surface area contributed by atoms with Gasteiger partial charge in [-0.1, -0.05) is 25.3 Å². The molecule has 28 heavy (non-hydrogen) atoms. The lowest BCUT2D eigenvalue weighted by Crippen LogP contribution is -2.59. The number of morpholine rings is 1. The molecule has 0 spiro atoms. The predicted octanol–water partition coefficient (Wildman–Crippen LogP) is 3.41. The van der Waals surface area contributed by atoms with E-state index >= 15 is 0 Å². The molecule has 1 N–H and O–H groups in total. The zero-order chi connectivity index (χ0) is 19.4. The Bertz CT molecular complexity index is 775. The minimum absolute atomic E-state index is 0.0207. The largest absolute Gasteiger partial charge is 0.440 e. The number of thiophene rings is 1. The lowest BCUT2D eigenvalue weighted by atomic mass is 9.79. The van der Waals surface area contributed by atoms with Crippen molar-refractivity contribution in [2.24, 2.45) is 0 Å². The fourth-order valence-corrected chi connectivity index (χ4v) is 5.08. The molecule has 2 aromatic rings. The minimum Gasteiger partial charge on any atom is -0.440 e. The average Bonchev–Trinajstić information content (AvgIpc) is 3.38. The molecule has 0 atom stereocenters. The Kier molecular flexibility index (Phi) is 6.13. The van der Waals surface area contributed by atoms with Gasteiger partial charge in [-0.25, -0.2) is 4.98 Å². The highest BCUT2D eigenvalue weighted by Crippen LogP contribution is 2.34. The van der Waals surface area contributed by atoms with Crippen LogP contribution in [-0.4, -0.2) is 54.2 Å². The maximum Gasteiger partial charge on any atom is 0.236 e. The molecule has 0 unspecified atom stereocenters. The van der Waals surface area contributed by atoms with Crippen molar-refractivity contribution in [1.82, 2.24) is 15.2 Å². The molecular weight excluding hydrogens is 374 g/mol. The Balaban J connectivity index is 1.39. The topological polar surface area (TPSA) is 67.6 Å². The van der Waals surface area contributed by atoms with Crippen LogP contribution in [0.15, 0.2) is 21.9 Å². The maximum absolute atomic E-state index is 12.7. The van der Waals surface area contributed by atoms with Crippen molar-refractivity contribution in [3.63, 3.8) is 0 Å². The number of nitrogens with one attached hydrogen (secondary N) is 1. The highest BCUT2D eigenvalue weighted by molar-refractivity contribution is 7.13. The van der Waals surface area contributed by atoms with E-state index in [-0.39, 0.29) is 17.9 Å². The summed E-state index contributed by atoms with van der Waals surface area (Å²) in [7, 11) is 0. The number of ether oxygens (including phenoxy) is 1. The summed E-state index contributed by atoms with van der Waals surface area (Å²) < 4.78 is 11.3. The zero-order valence-corrected chi connectivity index (χ0v) is 17.4. The highest BCUT2D eigenvalue weighted by Gasteiger charge is 2.38. The third-order valence-corrected chi connectivity index (χ3v) is 6.89. The number of carbonyl (C=O) groups is 1. The summed E-state index contributed by atoms with van der Waals surface area (Å²) in [5, 5.41) is 5.21. The smallest absolute Gasteiger partial charge is 0.236 e. The molecule has 0 radical (unpaired) electrons. The van der Waals surface area contributed by atoms with Crippen molar-refractivity contribution in [3.05, 3.63) is 29.0 Å². The van der Waals surface area contributed by atoms with E-state index in [4.69, 9.17) is 9.15 Å². The molecule has 0 aromatic carbocycles. The van der Waals surface area contributed by atoms with Crippen molar-refractivity contribution in [2.45, 2.75) is 51.0 Å². The van der Waals surface area contributed by atoms with Crippen LogP contribution in [0, 0.1) is 6.92 Å². The molecule has 1 aliphatic heterocycles. The number of amides is 1. The third kappa shape index (κ3) is 4.31. The van der Waals surface area contributed by atoms with Crippen molar-refractivity contribution in [2.75, 3.05) is 32.8 Å². The summed E-state index contributed by atoms with van der Waals surface area (Å²) in [6.07, 6.45) is 6.33. The summed E-state index contributed by atoms with van der Waals surface area (Å²) in [5.41, 5.74) is 0.809. The number of rotatable bonds is 6. The third-order valence-electron chi connectivity index (χ3n) is 6.03. The van der Waals surface area contributed by atoms with Crippen LogP contribution in [0.2, 0.25) is 0 Å². The van der Waals surface area contributed by atoms with E-state index in [9.17, 15) is 4.79 Å². The lowest BCUT2D eigenvalue weighted by molar-refractivity contribution is -0.121. The average molecular weight is 404 g/mol. The van der Waals surface area contributed by atoms with Crippen LogP contribution >= 0.6 is 11.3 Å². The van der Waals surface area contributed by atoms with Gasteiger partial charge in [0.1, 0.15) is 5.76 Å². The number of nitrogens with zero attached hydrogens (tertiary/aromatic N) is 2. The molecule has 3 heterocycles. The fraction of sp³-hybridized carbons (Fsp3) is 0.619. The quantitative estimate of drug-likeness (QED) is 0.801. The second-order valence-corrected chi connectivity index (χ2v) is 8.78. The molecular formula is C21H29N3O3S. The second kappa shape index (κ2) is 8.76. The van der Waals surface area contributed by atoms with Crippen LogP contribution in [-0.2, 0) is 16.0 Å². The van der Waals surface area contributed by atoms with Gasteiger partial charge in [-0.3, -0.25) is 9.69 Å². The number of oxazole rings is 1. The van der Waals surface area contributed by atoms with Crippen LogP contribution < -0.4 is 5.32 Å². The molecule has 1 saturated carbocycles. The standard InChI is InChI=1S/C21H29N3O3S/c1-16-17(23-20(27-16)18-6-5-13-28-18)14-19(25)22-15-21(7-3-2-4-8-21)24-9-11-26-12-10-24/h5-6,13H,2-4,7-12,14-15H2,1H3,(H,22,25). The number of aromatic nitrogens is 1. The van der Waals surface area contributed by atoms with E-state index in [0.717, 1.165) is 55.5 Å². The Morgan fingerprint density at radius 2 is 2.07 bits per heavy atom. The van der Waals surface area contributed by atoms with E-state index in [1.165, 1.54) is 19.3 Å². The molecule has 152 valence electrons. The van der Waals surface area contributed by atoms with Gasteiger partial charge in [0.15, 0.2) is 0 Å². The Morgan fingerprint density at radius 1 is 1.29 bits per heavy atom. The predicted molar refractivity (Wildman–Crippen MR) is 109 cm³/mol.